The summed E-state index contributed by atoms with van der Waals surface area (Å²) in [5.41, 5.74) is 0.844. The minimum absolute atomic E-state index is 0.000257. The molecule has 2 heterocycles. The van der Waals surface area contributed by atoms with Gasteiger partial charge in [0.2, 0.25) is 5.91 Å². The fourth-order valence-corrected chi connectivity index (χ4v) is 2.62. The van der Waals surface area contributed by atoms with E-state index in [1.54, 1.807) is 12.1 Å². The number of aromatic nitrogens is 1. The molecule has 0 unspecified atom stereocenters. The molecule has 0 atom stereocenters. The number of hydrogen-bond acceptors (Lipinski definition) is 5. The number of amides is 1. The highest BCUT2D eigenvalue weighted by atomic mass is 19.1. The third-order valence-electron chi connectivity index (χ3n) is 3.79. The molecule has 7 nitrogen and oxygen atoms in total. The van der Waals surface area contributed by atoms with E-state index in [4.69, 9.17) is 9.26 Å². The number of nitrogens with zero attached hydrogens (tertiary/aromatic N) is 2. The number of benzene rings is 1. The Kier molecular flexibility index (Phi) is 4.66. The van der Waals surface area contributed by atoms with Crippen LogP contribution in [0, 0.1) is 5.82 Å². The molecule has 0 radical (unpaired) electrons. The molecule has 1 aliphatic rings. The van der Waals surface area contributed by atoms with Gasteiger partial charge in [-0.1, -0.05) is 6.07 Å². The van der Waals surface area contributed by atoms with Gasteiger partial charge in [-0.2, -0.15) is 4.74 Å². The number of nitrogens with one attached hydrogen (secondary N) is 1. The van der Waals surface area contributed by atoms with Crippen LogP contribution in [-0.4, -0.2) is 37.0 Å². The predicted molar refractivity (Wildman–Crippen MR) is 85.2 cm³/mol. The first-order valence-corrected chi connectivity index (χ1v) is 7.63. The zero-order valence-corrected chi connectivity index (χ0v) is 13.3. The van der Waals surface area contributed by atoms with Crippen molar-refractivity contribution in [2.75, 3.05) is 31.2 Å². The maximum absolute atomic E-state index is 14.5. The second-order valence-corrected chi connectivity index (χ2v) is 5.48. The topological polar surface area (TPSA) is 76.7 Å². The van der Waals surface area contributed by atoms with Gasteiger partial charge in [0.1, 0.15) is 12.5 Å². The molecule has 0 aliphatic carbocycles. The number of carbonyl (C=O) groups is 1. The average Bonchev–Trinajstić information content (AvgIpc) is 2.94. The van der Waals surface area contributed by atoms with Crippen LogP contribution in [0.2, 0.25) is 0 Å². The Bertz CT molecular complexity index is 793. The number of rotatable bonds is 4. The third-order valence-corrected chi connectivity index (χ3v) is 3.79. The van der Waals surface area contributed by atoms with Crippen molar-refractivity contribution in [1.82, 2.24) is 10.1 Å². The standard InChI is InChI=1S/C16H18FN3O4/c1-11(21)18-10-20-15(9-16(22)24-20)12-2-3-14(13(17)8-12)19-4-6-23-7-5-19/h2-3,8-9H,4-7,10H2,1H3,(H,18,21). The highest BCUT2D eigenvalue weighted by molar-refractivity contribution is 5.72. The van der Waals surface area contributed by atoms with Crippen LogP contribution in [-0.2, 0) is 16.2 Å². The number of anilines is 1. The molecule has 0 bridgehead atoms. The minimum atomic E-state index is -0.562. The molecule has 128 valence electrons. The van der Waals surface area contributed by atoms with Crippen LogP contribution in [0.25, 0.3) is 11.3 Å². The molecule has 1 N–H and O–H groups in total. The van der Waals surface area contributed by atoms with Crippen molar-refractivity contribution in [1.29, 1.82) is 0 Å². The van der Waals surface area contributed by atoms with Crippen molar-refractivity contribution in [2.45, 2.75) is 13.6 Å². The van der Waals surface area contributed by atoms with E-state index >= 15 is 0 Å². The van der Waals surface area contributed by atoms with Gasteiger partial charge in [-0.25, -0.2) is 9.18 Å². The quantitative estimate of drug-likeness (QED) is 0.908. The van der Waals surface area contributed by atoms with Crippen LogP contribution < -0.4 is 15.8 Å². The highest BCUT2D eigenvalue weighted by Gasteiger charge is 2.17. The summed E-state index contributed by atoms with van der Waals surface area (Å²) in [6, 6.07) is 6.03. The Morgan fingerprint density at radius 2 is 2.04 bits per heavy atom. The lowest BCUT2D eigenvalue weighted by Gasteiger charge is -2.29. The molecule has 8 heteroatoms. The first kappa shape index (κ1) is 16.3. The van der Waals surface area contributed by atoms with Crippen molar-refractivity contribution < 1.29 is 18.4 Å². The molecule has 1 aromatic heterocycles. The molecule has 1 saturated heterocycles. The number of morpholine rings is 1. The van der Waals surface area contributed by atoms with Crippen LogP contribution in [0.15, 0.2) is 33.6 Å². The Labute approximate surface area is 137 Å². The largest absolute Gasteiger partial charge is 0.378 e. The average molecular weight is 335 g/mol. The normalized spacial score (nSPS) is 14.7. The lowest BCUT2D eigenvalue weighted by Crippen LogP contribution is -2.36. The Morgan fingerprint density at radius 1 is 1.29 bits per heavy atom. The molecular weight excluding hydrogens is 317 g/mol. The van der Waals surface area contributed by atoms with Gasteiger partial charge in [0.25, 0.3) is 0 Å². The summed E-state index contributed by atoms with van der Waals surface area (Å²) in [5.74, 6) is -0.639. The van der Waals surface area contributed by atoms with Gasteiger partial charge < -0.3 is 19.5 Å². The van der Waals surface area contributed by atoms with E-state index in [0.29, 0.717) is 43.2 Å². The van der Waals surface area contributed by atoms with Crippen LogP contribution >= 0.6 is 0 Å². The van der Waals surface area contributed by atoms with Gasteiger partial charge in [-0.3, -0.25) is 4.79 Å². The van der Waals surface area contributed by atoms with Gasteiger partial charge in [-0.15, -0.1) is 0 Å². The molecule has 0 spiro atoms. The van der Waals surface area contributed by atoms with E-state index in [1.165, 1.54) is 23.8 Å². The van der Waals surface area contributed by atoms with Crippen LogP contribution in [0.4, 0.5) is 10.1 Å². The molecule has 1 amide bonds. The first-order chi connectivity index (χ1) is 11.5. The van der Waals surface area contributed by atoms with E-state index in [9.17, 15) is 14.0 Å². The predicted octanol–water partition coefficient (Wildman–Crippen LogP) is 1.18. The number of hydrogen-bond donors (Lipinski definition) is 1. The SMILES string of the molecule is CC(=O)NCn1oc(=O)cc1-c1ccc(N2CCOCC2)c(F)c1. The van der Waals surface area contributed by atoms with E-state index < -0.39 is 5.63 Å². The maximum Gasteiger partial charge on any atom is 0.358 e. The van der Waals surface area contributed by atoms with Gasteiger partial charge in [0, 0.05) is 25.6 Å². The summed E-state index contributed by atoms with van der Waals surface area (Å²) in [5, 5.41) is 2.54. The molecule has 24 heavy (non-hydrogen) atoms. The van der Waals surface area contributed by atoms with E-state index in [0.717, 1.165) is 0 Å². The third kappa shape index (κ3) is 3.48. The number of halogens is 1. The zero-order chi connectivity index (χ0) is 17.1. The fourth-order valence-electron chi connectivity index (χ4n) is 2.62. The molecule has 1 aliphatic heterocycles. The summed E-state index contributed by atoms with van der Waals surface area (Å²) in [6.07, 6.45) is 0. The van der Waals surface area contributed by atoms with Crippen molar-refractivity contribution in [3.63, 3.8) is 0 Å². The highest BCUT2D eigenvalue weighted by Crippen LogP contribution is 2.26. The monoisotopic (exact) mass is 335 g/mol. The van der Waals surface area contributed by atoms with Gasteiger partial charge in [0.05, 0.1) is 30.7 Å². The summed E-state index contributed by atoms with van der Waals surface area (Å²) >= 11 is 0. The lowest BCUT2D eigenvalue weighted by molar-refractivity contribution is -0.119. The summed E-state index contributed by atoms with van der Waals surface area (Å²) in [6.45, 7) is 3.76. The van der Waals surface area contributed by atoms with Crippen LogP contribution in [0.3, 0.4) is 0 Å². The summed E-state index contributed by atoms with van der Waals surface area (Å²) in [4.78, 5) is 24.5. The van der Waals surface area contributed by atoms with Gasteiger partial charge in [0.15, 0.2) is 0 Å². The molecule has 0 saturated carbocycles. The maximum atomic E-state index is 14.5. The van der Waals surface area contributed by atoms with E-state index in [2.05, 4.69) is 5.32 Å². The lowest BCUT2D eigenvalue weighted by atomic mass is 10.1. The van der Waals surface area contributed by atoms with Gasteiger partial charge >= 0.3 is 5.63 Å². The van der Waals surface area contributed by atoms with E-state index in [1.807, 2.05) is 4.90 Å². The minimum Gasteiger partial charge on any atom is -0.378 e. The molecule has 1 aromatic carbocycles. The first-order valence-electron chi connectivity index (χ1n) is 7.63. The zero-order valence-electron chi connectivity index (χ0n) is 13.3. The Balaban J connectivity index is 1.88. The molecule has 1 fully saturated rings. The summed E-state index contributed by atoms with van der Waals surface area (Å²) in [7, 11) is 0. The molecule has 2 aromatic rings. The van der Waals surface area contributed by atoms with Crippen molar-refractivity contribution in [3.8, 4) is 11.3 Å². The van der Waals surface area contributed by atoms with Crippen LogP contribution in [0.1, 0.15) is 6.92 Å². The number of ether oxygens (including phenoxy) is 1. The Morgan fingerprint density at radius 3 is 2.71 bits per heavy atom. The van der Waals surface area contributed by atoms with Crippen molar-refractivity contribution in [3.05, 3.63) is 40.5 Å². The molecular formula is C16H18FN3O4. The smallest absolute Gasteiger partial charge is 0.358 e. The second kappa shape index (κ2) is 6.88. The van der Waals surface area contributed by atoms with Gasteiger partial charge in [-0.05, 0) is 12.1 Å². The second-order valence-electron chi connectivity index (χ2n) is 5.48. The van der Waals surface area contributed by atoms with Crippen LogP contribution in [0.5, 0.6) is 0 Å². The Hall–Kier alpha value is -2.61. The van der Waals surface area contributed by atoms with Crippen molar-refractivity contribution in [2.24, 2.45) is 0 Å². The number of carbonyl (C=O) groups excluding carboxylic acids is 1. The van der Waals surface area contributed by atoms with Crippen molar-refractivity contribution >= 4 is 11.6 Å². The molecule has 3 rings (SSSR count). The fraction of sp³-hybridized carbons (Fsp3) is 0.375. The summed E-state index contributed by atoms with van der Waals surface area (Å²) < 4.78 is 26.0. The van der Waals surface area contributed by atoms with E-state index in [-0.39, 0.29) is 18.4 Å².